The van der Waals surface area contributed by atoms with Gasteiger partial charge in [-0.25, -0.2) is 4.79 Å². The molecule has 96 valence electrons. The molecule has 4 nitrogen and oxygen atoms in total. The van der Waals surface area contributed by atoms with Gasteiger partial charge < -0.3 is 9.84 Å². The number of halogens is 3. The number of rotatable bonds is 3. The fraction of sp³-hybridized carbons (Fsp3) is 0.273. The Kier molecular flexibility index (Phi) is 3.81. The Bertz CT molecular complexity index is 505. The predicted molar refractivity (Wildman–Crippen MR) is 54.1 cm³/mol. The van der Waals surface area contributed by atoms with Crippen LogP contribution in [0.5, 0.6) is 5.75 Å². The van der Waals surface area contributed by atoms with Crippen molar-refractivity contribution in [1.82, 2.24) is 0 Å². The van der Waals surface area contributed by atoms with Crippen LogP contribution < -0.4 is 4.74 Å². The summed E-state index contributed by atoms with van der Waals surface area (Å²) in [5.41, 5.74) is -1.72. The molecule has 0 fully saturated rings. The highest BCUT2D eigenvalue weighted by Gasteiger charge is 2.35. The molecular weight excluding hydrogens is 251 g/mol. The van der Waals surface area contributed by atoms with Crippen LogP contribution in [0.2, 0.25) is 0 Å². The van der Waals surface area contributed by atoms with E-state index in [1.54, 1.807) is 6.07 Å². The normalized spacial score (nSPS) is 12.6. The smallest absolute Gasteiger partial charge is 0.419 e. The third kappa shape index (κ3) is 3.13. The summed E-state index contributed by atoms with van der Waals surface area (Å²) in [4.78, 5) is 10.6. The van der Waals surface area contributed by atoms with Gasteiger partial charge >= 0.3 is 12.1 Å². The predicted octanol–water partition coefficient (Wildman–Crippen LogP) is 2.69. The monoisotopic (exact) mass is 259 g/mol. The fourth-order valence-corrected chi connectivity index (χ4v) is 1.20. The van der Waals surface area contributed by atoms with Gasteiger partial charge in [-0.1, -0.05) is 0 Å². The molecule has 1 atom stereocenters. The van der Waals surface area contributed by atoms with Crippen molar-refractivity contribution in [2.45, 2.75) is 19.2 Å². The highest BCUT2D eigenvalue weighted by atomic mass is 19.4. The summed E-state index contributed by atoms with van der Waals surface area (Å²) in [7, 11) is 0. The lowest BCUT2D eigenvalue weighted by atomic mass is 10.1. The summed E-state index contributed by atoms with van der Waals surface area (Å²) >= 11 is 0. The Morgan fingerprint density at radius 2 is 2.11 bits per heavy atom. The molecule has 0 saturated carbocycles. The summed E-state index contributed by atoms with van der Waals surface area (Å²) < 4.78 is 42.9. The summed E-state index contributed by atoms with van der Waals surface area (Å²) in [5, 5.41) is 17.1. The molecule has 18 heavy (non-hydrogen) atoms. The number of carboxylic acid groups (broad SMARTS) is 1. The van der Waals surface area contributed by atoms with Crippen LogP contribution >= 0.6 is 0 Å². The molecule has 1 N–H and O–H groups in total. The molecular formula is C11H8F3NO3. The highest BCUT2D eigenvalue weighted by Crippen LogP contribution is 2.37. The number of nitriles is 1. The second-order valence-electron chi connectivity index (χ2n) is 3.40. The molecule has 0 aliphatic rings. The molecule has 7 heteroatoms. The Labute approximate surface area is 100 Å². The van der Waals surface area contributed by atoms with Crippen molar-refractivity contribution in [2.24, 2.45) is 0 Å². The van der Waals surface area contributed by atoms with E-state index < -0.39 is 35.1 Å². The van der Waals surface area contributed by atoms with Crippen molar-refractivity contribution >= 4 is 5.97 Å². The molecule has 0 aliphatic carbocycles. The fourth-order valence-electron chi connectivity index (χ4n) is 1.20. The standard InChI is InChI=1S/C11H8F3NO3/c1-6(5-15)18-9-3-2-7(10(16)17)4-8(9)11(12,13)14/h2-4,6H,1H3,(H,16,17). The first-order valence-corrected chi connectivity index (χ1v) is 4.76. The average Bonchev–Trinajstić information content (AvgIpc) is 2.27. The first-order chi connectivity index (χ1) is 8.25. The van der Waals surface area contributed by atoms with Crippen LogP contribution in [-0.4, -0.2) is 17.2 Å². The molecule has 0 heterocycles. The minimum Gasteiger partial charge on any atom is -0.478 e. The van der Waals surface area contributed by atoms with Crippen LogP contribution in [0.1, 0.15) is 22.8 Å². The molecule has 0 amide bonds. The lowest BCUT2D eigenvalue weighted by molar-refractivity contribution is -0.139. The molecule has 0 bridgehead atoms. The minimum absolute atomic E-state index is 0.474. The summed E-state index contributed by atoms with van der Waals surface area (Å²) in [6, 6.07) is 3.97. The molecule has 1 rings (SSSR count). The van der Waals surface area contributed by atoms with Gasteiger partial charge in [0.25, 0.3) is 0 Å². The Morgan fingerprint density at radius 1 is 1.50 bits per heavy atom. The van der Waals surface area contributed by atoms with E-state index in [4.69, 9.17) is 15.1 Å². The number of aromatic carboxylic acids is 1. The van der Waals surface area contributed by atoms with Crippen molar-refractivity contribution in [1.29, 1.82) is 5.26 Å². The maximum atomic E-state index is 12.7. The summed E-state index contributed by atoms with van der Waals surface area (Å²) in [6.07, 6.45) is -5.82. The van der Waals surface area contributed by atoms with Crippen LogP contribution in [0.25, 0.3) is 0 Å². The zero-order chi connectivity index (χ0) is 13.9. The van der Waals surface area contributed by atoms with Gasteiger partial charge in [-0.2, -0.15) is 18.4 Å². The SMILES string of the molecule is CC(C#N)Oc1ccc(C(=O)O)cc1C(F)(F)F. The molecule has 0 saturated heterocycles. The van der Waals surface area contributed by atoms with Gasteiger partial charge in [0.05, 0.1) is 11.1 Å². The number of ether oxygens (including phenoxy) is 1. The number of hydrogen-bond donors (Lipinski definition) is 1. The van der Waals surface area contributed by atoms with E-state index in [9.17, 15) is 18.0 Å². The second-order valence-corrected chi connectivity index (χ2v) is 3.40. The number of carboxylic acids is 1. The summed E-state index contributed by atoms with van der Waals surface area (Å²) in [5.74, 6) is -2.04. The topological polar surface area (TPSA) is 70.3 Å². The maximum absolute atomic E-state index is 12.7. The van der Waals surface area contributed by atoms with Gasteiger partial charge in [-0.05, 0) is 25.1 Å². The minimum atomic E-state index is -4.75. The number of carbonyl (C=O) groups is 1. The van der Waals surface area contributed by atoms with Gasteiger partial charge in [0.15, 0.2) is 6.10 Å². The van der Waals surface area contributed by atoms with E-state index in [0.717, 1.165) is 12.1 Å². The number of nitrogens with zero attached hydrogens (tertiary/aromatic N) is 1. The first-order valence-electron chi connectivity index (χ1n) is 4.76. The average molecular weight is 259 g/mol. The molecule has 1 aromatic carbocycles. The third-order valence-corrected chi connectivity index (χ3v) is 2.02. The van der Waals surface area contributed by atoms with Crippen LogP contribution in [-0.2, 0) is 6.18 Å². The molecule has 1 aromatic rings. The maximum Gasteiger partial charge on any atom is 0.419 e. The number of hydrogen-bond acceptors (Lipinski definition) is 3. The van der Waals surface area contributed by atoms with Crippen LogP contribution in [0, 0.1) is 11.3 Å². The Hall–Kier alpha value is -2.23. The van der Waals surface area contributed by atoms with E-state index >= 15 is 0 Å². The van der Waals surface area contributed by atoms with Crippen LogP contribution in [0.15, 0.2) is 18.2 Å². The van der Waals surface area contributed by atoms with Crippen LogP contribution in [0.3, 0.4) is 0 Å². The Morgan fingerprint density at radius 3 is 2.56 bits per heavy atom. The Balaban J connectivity index is 3.27. The van der Waals surface area contributed by atoms with Gasteiger partial charge in [-0.3, -0.25) is 0 Å². The molecule has 0 radical (unpaired) electrons. The van der Waals surface area contributed by atoms with Crippen molar-refractivity contribution in [3.8, 4) is 11.8 Å². The van der Waals surface area contributed by atoms with Gasteiger partial charge in [0.1, 0.15) is 11.8 Å². The molecule has 0 aliphatic heterocycles. The van der Waals surface area contributed by atoms with Crippen molar-refractivity contribution in [3.05, 3.63) is 29.3 Å². The van der Waals surface area contributed by atoms with Gasteiger partial charge in [0.2, 0.25) is 0 Å². The molecule has 1 unspecified atom stereocenters. The third-order valence-electron chi connectivity index (χ3n) is 2.02. The van der Waals surface area contributed by atoms with Gasteiger partial charge in [-0.15, -0.1) is 0 Å². The lowest BCUT2D eigenvalue weighted by Gasteiger charge is -2.15. The van der Waals surface area contributed by atoms with E-state index in [2.05, 4.69) is 0 Å². The van der Waals surface area contributed by atoms with E-state index in [0.29, 0.717) is 6.07 Å². The van der Waals surface area contributed by atoms with E-state index in [-0.39, 0.29) is 0 Å². The van der Waals surface area contributed by atoms with Crippen LogP contribution in [0.4, 0.5) is 13.2 Å². The van der Waals surface area contributed by atoms with Crippen molar-refractivity contribution in [3.63, 3.8) is 0 Å². The van der Waals surface area contributed by atoms with E-state index in [1.165, 1.54) is 6.92 Å². The largest absolute Gasteiger partial charge is 0.478 e. The molecule has 0 spiro atoms. The first kappa shape index (κ1) is 13.8. The lowest BCUT2D eigenvalue weighted by Crippen LogP contribution is -2.15. The quantitative estimate of drug-likeness (QED) is 0.905. The second kappa shape index (κ2) is 4.96. The number of alkyl halides is 3. The van der Waals surface area contributed by atoms with E-state index in [1.807, 2.05) is 0 Å². The number of benzene rings is 1. The molecule has 0 aromatic heterocycles. The highest BCUT2D eigenvalue weighted by molar-refractivity contribution is 5.88. The zero-order valence-corrected chi connectivity index (χ0v) is 9.15. The van der Waals surface area contributed by atoms with Gasteiger partial charge in [0, 0.05) is 0 Å². The zero-order valence-electron chi connectivity index (χ0n) is 9.15. The summed E-state index contributed by atoms with van der Waals surface area (Å²) in [6.45, 7) is 1.28. The van der Waals surface area contributed by atoms with Crippen molar-refractivity contribution in [2.75, 3.05) is 0 Å². The van der Waals surface area contributed by atoms with Crippen molar-refractivity contribution < 1.29 is 27.8 Å².